The average Bonchev–Trinajstić information content (AvgIpc) is 2.39. The third-order valence-corrected chi connectivity index (χ3v) is 3.58. The second-order valence-electron chi connectivity index (χ2n) is 5.55. The first-order valence-electron chi connectivity index (χ1n) is 8.00. The Morgan fingerprint density at radius 1 is 1.20 bits per heavy atom. The van der Waals surface area contributed by atoms with Crippen LogP contribution in [0.5, 0.6) is 0 Å². The topological polar surface area (TPSA) is 39.7 Å². The number of piperidine rings is 1. The van der Waals surface area contributed by atoms with E-state index < -0.39 is 0 Å². The zero-order valence-corrected chi connectivity index (χ0v) is 15.8. The summed E-state index contributed by atoms with van der Waals surface area (Å²) in [7, 11) is 0. The number of halogens is 1. The third-order valence-electron chi connectivity index (χ3n) is 3.58. The molecule has 120 valence electrons. The molecule has 0 aromatic carbocycles. The van der Waals surface area contributed by atoms with Gasteiger partial charge in [-0.2, -0.15) is 0 Å². The Balaban J connectivity index is 0.00000361. The van der Waals surface area contributed by atoms with Crippen molar-refractivity contribution in [1.29, 1.82) is 0 Å². The van der Waals surface area contributed by atoms with E-state index in [1.807, 2.05) is 0 Å². The maximum atomic E-state index is 4.58. The van der Waals surface area contributed by atoms with Crippen molar-refractivity contribution in [2.24, 2.45) is 10.9 Å². The highest BCUT2D eigenvalue weighted by molar-refractivity contribution is 14.0. The molecule has 20 heavy (non-hydrogen) atoms. The Morgan fingerprint density at radius 2 is 1.90 bits per heavy atom. The summed E-state index contributed by atoms with van der Waals surface area (Å²) in [5.74, 6) is 1.84. The molecule has 0 amide bonds. The molecule has 0 bridgehead atoms. The normalized spacial score (nSPS) is 19.1. The van der Waals surface area contributed by atoms with Crippen LogP contribution in [0.25, 0.3) is 0 Å². The van der Waals surface area contributed by atoms with Gasteiger partial charge in [0, 0.05) is 26.2 Å². The standard InChI is InChI=1S/C15H32N4.HI/c1-4-16-15(17-5-2)18-10-6-7-11-19-12-8-9-14(3)13-19;/h14H,4-13H2,1-3H3,(H2,16,17,18);1H. The largest absolute Gasteiger partial charge is 0.357 e. The molecule has 1 fully saturated rings. The zero-order chi connectivity index (χ0) is 13.9. The first kappa shape index (κ1) is 20.0. The van der Waals surface area contributed by atoms with Crippen LogP contribution in [0.4, 0.5) is 0 Å². The predicted octanol–water partition coefficient (Wildman–Crippen LogP) is 2.69. The quantitative estimate of drug-likeness (QED) is 0.301. The molecule has 5 heteroatoms. The second-order valence-corrected chi connectivity index (χ2v) is 5.55. The van der Waals surface area contributed by atoms with Crippen LogP contribution in [0, 0.1) is 5.92 Å². The second kappa shape index (κ2) is 12.7. The molecule has 1 heterocycles. The van der Waals surface area contributed by atoms with Gasteiger partial charge in [-0.25, -0.2) is 0 Å². The molecule has 1 aliphatic rings. The summed E-state index contributed by atoms with van der Waals surface area (Å²) in [4.78, 5) is 7.20. The van der Waals surface area contributed by atoms with E-state index in [1.54, 1.807) is 0 Å². The molecule has 0 aliphatic carbocycles. The monoisotopic (exact) mass is 396 g/mol. The van der Waals surface area contributed by atoms with Crippen LogP contribution in [0.1, 0.15) is 46.5 Å². The van der Waals surface area contributed by atoms with Crippen molar-refractivity contribution in [2.45, 2.75) is 46.5 Å². The number of likely N-dealkylation sites (tertiary alicyclic amines) is 1. The highest BCUT2D eigenvalue weighted by Gasteiger charge is 2.15. The Kier molecular flexibility index (Phi) is 12.7. The summed E-state index contributed by atoms with van der Waals surface area (Å²) in [6.07, 6.45) is 5.24. The molecule has 0 radical (unpaired) electrons. The van der Waals surface area contributed by atoms with Crippen LogP contribution in [0.3, 0.4) is 0 Å². The lowest BCUT2D eigenvalue weighted by Gasteiger charge is -2.30. The first-order valence-corrected chi connectivity index (χ1v) is 8.00. The Labute approximate surface area is 142 Å². The molecule has 1 atom stereocenters. The van der Waals surface area contributed by atoms with Gasteiger partial charge in [-0.05, 0) is 58.5 Å². The minimum atomic E-state index is 0. The molecular weight excluding hydrogens is 363 g/mol. The number of nitrogens with one attached hydrogen (secondary N) is 2. The van der Waals surface area contributed by atoms with Crippen molar-refractivity contribution < 1.29 is 0 Å². The molecular formula is C15H33IN4. The summed E-state index contributed by atoms with van der Waals surface area (Å²) >= 11 is 0. The van der Waals surface area contributed by atoms with Crippen LogP contribution in [0.15, 0.2) is 4.99 Å². The van der Waals surface area contributed by atoms with Gasteiger partial charge in [0.05, 0.1) is 0 Å². The number of nitrogens with zero attached hydrogens (tertiary/aromatic N) is 2. The molecule has 2 N–H and O–H groups in total. The van der Waals surface area contributed by atoms with Crippen LogP contribution in [-0.2, 0) is 0 Å². The van der Waals surface area contributed by atoms with Gasteiger partial charge in [0.15, 0.2) is 5.96 Å². The van der Waals surface area contributed by atoms with Crippen LogP contribution in [0.2, 0.25) is 0 Å². The van der Waals surface area contributed by atoms with Gasteiger partial charge in [0.1, 0.15) is 0 Å². The van der Waals surface area contributed by atoms with Gasteiger partial charge < -0.3 is 15.5 Å². The predicted molar refractivity (Wildman–Crippen MR) is 99.1 cm³/mol. The fourth-order valence-electron chi connectivity index (χ4n) is 2.64. The average molecular weight is 396 g/mol. The van der Waals surface area contributed by atoms with Gasteiger partial charge in [0.25, 0.3) is 0 Å². The number of hydrogen-bond donors (Lipinski definition) is 2. The van der Waals surface area contributed by atoms with E-state index in [9.17, 15) is 0 Å². The number of rotatable bonds is 7. The minimum absolute atomic E-state index is 0. The molecule has 0 aromatic heterocycles. The third kappa shape index (κ3) is 9.00. The number of unbranched alkanes of at least 4 members (excludes halogenated alkanes) is 1. The van der Waals surface area contributed by atoms with Gasteiger partial charge in [-0.15, -0.1) is 24.0 Å². The molecule has 1 rings (SSSR count). The summed E-state index contributed by atoms with van der Waals surface area (Å²) in [6.45, 7) is 13.2. The Hall–Kier alpha value is -0.0400. The van der Waals surface area contributed by atoms with E-state index in [0.29, 0.717) is 0 Å². The van der Waals surface area contributed by atoms with Gasteiger partial charge >= 0.3 is 0 Å². The zero-order valence-electron chi connectivity index (χ0n) is 13.5. The lowest BCUT2D eigenvalue weighted by Crippen LogP contribution is -2.37. The summed E-state index contributed by atoms with van der Waals surface area (Å²) in [6, 6.07) is 0. The number of aliphatic imine (C=N–C) groups is 1. The SMILES string of the molecule is CCNC(=NCCCCN1CCCC(C)C1)NCC.I. The fourth-order valence-corrected chi connectivity index (χ4v) is 2.64. The molecule has 4 nitrogen and oxygen atoms in total. The van der Waals surface area contributed by atoms with Crippen LogP contribution in [-0.4, -0.2) is 50.1 Å². The van der Waals surface area contributed by atoms with Crippen molar-refractivity contribution in [1.82, 2.24) is 15.5 Å². The lowest BCUT2D eigenvalue weighted by atomic mass is 10.0. The van der Waals surface area contributed by atoms with E-state index in [-0.39, 0.29) is 24.0 Å². The van der Waals surface area contributed by atoms with Crippen molar-refractivity contribution in [2.75, 3.05) is 39.3 Å². The summed E-state index contributed by atoms with van der Waals surface area (Å²) in [5, 5.41) is 6.52. The fraction of sp³-hybridized carbons (Fsp3) is 0.933. The van der Waals surface area contributed by atoms with Crippen LogP contribution >= 0.6 is 24.0 Å². The van der Waals surface area contributed by atoms with E-state index in [4.69, 9.17) is 0 Å². The maximum Gasteiger partial charge on any atom is 0.191 e. The van der Waals surface area contributed by atoms with Gasteiger partial charge in [-0.1, -0.05) is 6.92 Å². The van der Waals surface area contributed by atoms with Gasteiger partial charge in [0.2, 0.25) is 0 Å². The molecule has 0 saturated carbocycles. The molecule has 1 unspecified atom stereocenters. The Morgan fingerprint density at radius 3 is 2.50 bits per heavy atom. The molecule has 0 aromatic rings. The van der Waals surface area contributed by atoms with E-state index in [2.05, 4.69) is 41.3 Å². The summed E-state index contributed by atoms with van der Waals surface area (Å²) in [5.41, 5.74) is 0. The van der Waals surface area contributed by atoms with E-state index in [1.165, 1.54) is 45.3 Å². The first-order chi connectivity index (χ1) is 9.26. The number of guanidine groups is 1. The maximum absolute atomic E-state index is 4.58. The van der Waals surface area contributed by atoms with Crippen molar-refractivity contribution in [3.8, 4) is 0 Å². The number of hydrogen-bond acceptors (Lipinski definition) is 2. The van der Waals surface area contributed by atoms with E-state index >= 15 is 0 Å². The molecule has 0 spiro atoms. The summed E-state index contributed by atoms with van der Waals surface area (Å²) < 4.78 is 0. The minimum Gasteiger partial charge on any atom is -0.357 e. The highest BCUT2D eigenvalue weighted by Crippen LogP contribution is 2.15. The van der Waals surface area contributed by atoms with Crippen molar-refractivity contribution in [3.05, 3.63) is 0 Å². The van der Waals surface area contributed by atoms with E-state index in [0.717, 1.165) is 31.5 Å². The lowest BCUT2D eigenvalue weighted by molar-refractivity contribution is 0.181. The van der Waals surface area contributed by atoms with Crippen molar-refractivity contribution in [3.63, 3.8) is 0 Å². The molecule has 1 aliphatic heterocycles. The molecule has 1 saturated heterocycles. The van der Waals surface area contributed by atoms with Crippen LogP contribution < -0.4 is 10.6 Å². The highest BCUT2D eigenvalue weighted by atomic mass is 127. The van der Waals surface area contributed by atoms with Gasteiger partial charge in [-0.3, -0.25) is 4.99 Å². The Bertz CT molecular complexity index is 250. The van der Waals surface area contributed by atoms with Crippen molar-refractivity contribution >= 4 is 29.9 Å². The smallest absolute Gasteiger partial charge is 0.191 e.